The van der Waals surface area contributed by atoms with Crippen LogP contribution in [0.25, 0.3) is 0 Å². The predicted octanol–water partition coefficient (Wildman–Crippen LogP) is 4.71. The molecule has 2 aliphatic rings. The van der Waals surface area contributed by atoms with Crippen LogP contribution < -0.4 is 11.1 Å². The van der Waals surface area contributed by atoms with E-state index in [2.05, 4.69) is 31.4 Å². The average molecular weight is 712 g/mol. The van der Waals surface area contributed by atoms with Gasteiger partial charge in [-0.3, -0.25) is 19.5 Å². The highest BCUT2D eigenvalue weighted by Crippen LogP contribution is 2.42. The van der Waals surface area contributed by atoms with Crippen LogP contribution in [0.3, 0.4) is 0 Å². The summed E-state index contributed by atoms with van der Waals surface area (Å²) in [5.41, 5.74) is 7.74. The first-order chi connectivity index (χ1) is 23.9. The molecule has 2 aliphatic heterocycles. The van der Waals surface area contributed by atoms with Crippen molar-refractivity contribution >= 4 is 63.7 Å². The molecule has 6 rings (SSSR count). The van der Waals surface area contributed by atoms with Crippen molar-refractivity contribution in [3.05, 3.63) is 138 Å². The van der Waals surface area contributed by atoms with E-state index in [0.29, 0.717) is 11.3 Å². The van der Waals surface area contributed by atoms with Crippen molar-refractivity contribution in [2.45, 2.75) is 22.4 Å². The van der Waals surface area contributed by atoms with Gasteiger partial charge in [-0.05, 0) is 40.3 Å². The van der Waals surface area contributed by atoms with E-state index >= 15 is 0 Å². The highest BCUT2D eigenvalue weighted by atomic mass is 32.2. The van der Waals surface area contributed by atoms with E-state index < -0.39 is 35.3 Å². The number of fused-ring (bicyclic) bond motifs is 1. The van der Waals surface area contributed by atoms with E-state index in [0.717, 1.165) is 27.6 Å². The number of oxime groups is 1. The molecular weight excluding hydrogens is 683 g/mol. The van der Waals surface area contributed by atoms with E-state index in [9.17, 15) is 14.4 Å². The fourth-order valence-corrected chi connectivity index (χ4v) is 7.42. The number of allylic oxidation sites excluding steroid dienone is 1. The van der Waals surface area contributed by atoms with Gasteiger partial charge in [0, 0.05) is 34.6 Å². The Hall–Kier alpha value is -5.25. The smallest absolute Gasteiger partial charge is 0.356 e. The number of β-lactam (4-membered cyclic amide) rings is 1. The van der Waals surface area contributed by atoms with Gasteiger partial charge < -0.3 is 20.6 Å². The Kier molecular flexibility index (Phi) is 10.8. The van der Waals surface area contributed by atoms with Gasteiger partial charge in [-0.2, -0.15) is 9.36 Å². The number of thioether (sulfide) groups is 2. The van der Waals surface area contributed by atoms with Crippen molar-refractivity contribution in [1.82, 2.24) is 24.6 Å². The van der Waals surface area contributed by atoms with Gasteiger partial charge in [-0.1, -0.05) is 90.2 Å². The van der Waals surface area contributed by atoms with Crippen molar-refractivity contribution in [2.75, 3.05) is 18.1 Å². The topological polar surface area (TPSA) is 162 Å². The number of nitrogen functional groups attached to an aromatic ring is 1. The van der Waals surface area contributed by atoms with Crippen molar-refractivity contribution in [3.8, 4) is 0 Å². The normalized spacial score (nSPS) is 17.4. The molecule has 1 saturated heterocycles. The molecule has 4 aromatic rings. The molecule has 0 radical (unpaired) electrons. The van der Waals surface area contributed by atoms with Gasteiger partial charge in [0.05, 0.1) is 0 Å². The molecule has 1 unspecified atom stereocenters. The summed E-state index contributed by atoms with van der Waals surface area (Å²) in [6.07, 6.45) is 5.95. The van der Waals surface area contributed by atoms with Crippen LogP contribution in [0.4, 0.5) is 5.13 Å². The first kappa shape index (κ1) is 33.6. The Labute approximate surface area is 294 Å². The number of anilines is 1. The van der Waals surface area contributed by atoms with Crippen LogP contribution in [-0.2, 0) is 24.0 Å². The van der Waals surface area contributed by atoms with E-state index in [1.54, 1.807) is 18.5 Å². The zero-order valence-corrected chi connectivity index (χ0v) is 28.2. The van der Waals surface area contributed by atoms with Gasteiger partial charge in [0.15, 0.2) is 11.2 Å². The third kappa shape index (κ3) is 7.74. The summed E-state index contributed by atoms with van der Waals surface area (Å²) in [4.78, 5) is 57.1. The molecule has 15 heteroatoms. The molecule has 12 nitrogen and oxygen atoms in total. The van der Waals surface area contributed by atoms with Crippen LogP contribution in [0, 0.1) is 0 Å². The van der Waals surface area contributed by atoms with Gasteiger partial charge in [0.25, 0.3) is 11.8 Å². The van der Waals surface area contributed by atoms with Gasteiger partial charge in [-0.15, -0.1) is 11.8 Å². The first-order valence-electron chi connectivity index (χ1n) is 14.9. The maximum Gasteiger partial charge on any atom is 0.356 e. The third-order valence-electron chi connectivity index (χ3n) is 7.23. The van der Waals surface area contributed by atoms with E-state index in [1.165, 1.54) is 34.5 Å². The van der Waals surface area contributed by atoms with Crippen LogP contribution in [0.2, 0.25) is 0 Å². The average Bonchev–Trinajstić information content (AvgIpc) is 3.57. The Balaban J connectivity index is 1.29. The van der Waals surface area contributed by atoms with E-state index in [-0.39, 0.29) is 29.0 Å². The molecule has 49 heavy (non-hydrogen) atoms. The standard InChI is InChI=1S/C34H29N7O5S3/c1-2-17-45-39-25(29-38-34(35)49-40-29)30(42)37-26-31(43)41-27(23(20-48-32(26)41)15-18-47-24-14-9-16-36-19-24)33(44)46-28(21-10-5-3-6-11-21)22-12-7-4-8-13-22/h2-16,18-19,26,28,32H,1,17,20H2,(H,37,42)(H2,35,38,40)/t26?,32-/m1/s1. The molecule has 2 aromatic carbocycles. The largest absolute Gasteiger partial charge is 0.448 e. The second-order valence-corrected chi connectivity index (χ2v) is 13.3. The molecule has 4 heterocycles. The summed E-state index contributed by atoms with van der Waals surface area (Å²) in [7, 11) is 0. The number of aromatic nitrogens is 3. The quantitative estimate of drug-likeness (QED) is 0.0376. The number of ether oxygens (including phenoxy) is 1. The van der Waals surface area contributed by atoms with Crippen LogP contribution in [0.15, 0.2) is 131 Å². The van der Waals surface area contributed by atoms with Crippen LogP contribution in [0.5, 0.6) is 0 Å². The molecule has 248 valence electrons. The van der Waals surface area contributed by atoms with Crippen molar-refractivity contribution in [2.24, 2.45) is 5.16 Å². The minimum atomic E-state index is -0.977. The molecule has 2 aromatic heterocycles. The Morgan fingerprint density at radius 1 is 1.12 bits per heavy atom. The second-order valence-electron chi connectivity index (χ2n) is 10.4. The molecular formula is C34H29N7O5S3. The third-order valence-corrected chi connectivity index (χ3v) is 9.86. The molecule has 2 amide bonds. The molecule has 2 atom stereocenters. The Morgan fingerprint density at radius 3 is 2.49 bits per heavy atom. The molecule has 0 saturated carbocycles. The maximum atomic E-state index is 14.2. The fourth-order valence-electron chi connectivity index (χ4n) is 5.00. The van der Waals surface area contributed by atoms with Crippen LogP contribution in [0.1, 0.15) is 23.1 Å². The molecule has 0 bridgehead atoms. The maximum absolute atomic E-state index is 14.2. The molecule has 0 aliphatic carbocycles. The lowest BCUT2D eigenvalue weighted by Gasteiger charge is -2.49. The van der Waals surface area contributed by atoms with Crippen molar-refractivity contribution < 1.29 is 24.0 Å². The monoisotopic (exact) mass is 711 g/mol. The molecule has 3 N–H and O–H groups in total. The van der Waals surface area contributed by atoms with Crippen molar-refractivity contribution in [1.29, 1.82) is 0 Å². The fraction of sp³-hybridized carbons (Fsp3) is 0.147. The van der Waals surface area contributed by atoms with Crippen LogP contribution >= 0.6 is 35.1 Å². The zero-order chi connectivity index (χ0) is 34.2. The number of carbonyl (C=O) groups is 3. The second kappa shape index (κ2) is 15.8. The summed E-state index contributed by atoms with van der Waals surface area (Å²) in [6.45, 7) is 3.60. The van der Waals surface area contributed by atoms with Gasteiger partial charge in [0.1, 0.15) is 23.7 Å². The SMILES string of the molecule is C=CCON=C(C(=O)NC1C(=O)N2C(C(=O)OC(c3ccccc3)c3ccccc3)=C(C=CSc3cccnc3)CS[C@H]12)c1nsc(N)n1. The Morgan fingerprint density at radius 2 is 1.86 bits per heavy atom. The highest BCUT2D eigenvalue weighted by Gasteiger charge is 2.54. The first-order valence-corrected chi connectivity index (χ1v) is 17.6. The number of nitrogens with two attached hydrogens (primary N) is 1. The summed E-state index contributed by atoms with van der Waals surface area (Å²) in [6, 6.07) is 21.6. The minimum Gasteiger partial charge on any atom is -0.448 e. The van der Waals surface area contributed by atoms with Gasteiger partial charge in [-0.25, -0.2) is 4.79 Å². The van der Waals surface area contributed by atoms with E-state index in [1.807, 2.05) is 78.2 Å². The molecule has 0 spiro atoms. The zero-order valence-electron chi connectivity index (χ0n) is 25.7. The number of carbonyl (C=O) groups excluding carboxylic acids is 3. The number of rotatable bonds is 13. The summed E-state index contributed by atoms with van der Waals surface area (Å²) in [5.74, 6) is -1.57. The number of pyridine rings is 1. The van der Waals surface area contributed by atoms with Gasteiger partial charge in [0.2, 0.25) is 11.5 Å². The number of nitrogens with one attached hydrogen (secondary N) is 1. The number of hydrogen-bond donors (Lipinski definition) is 2. The lowest BCUT2D eigenvalue weighted by Crippen LogP contribution is -2.71. The lowest BCUT2D eigenvalue weighted by atomic mass is 10.0. The lowest BCUT2D eigenvalue weighted by molar-refractivity contribution is -0.154. The highest BCUT2D eigenvalue weighted by molar-refractivity contribution is 8.02. The Bertz CT molecular complexity index is 1880. The summed E-state index contributed by atoms with van der Waals surface area (Å²) in [5, 5.41) is 7.97. The number of benzene rings is 2. The number of nitrogens with zero attached hydrogens (tertiary/aromatic N) is 5. The predicted molar refractivity (Wildman–Crippen MR) is 189 cm³/mol. The van der Waals surface area contributed by atoms with Crippen LogP contribution in [-0.4, -0.2) is 66.5 Å². The number of esters is 1. The van der Waals surface area contributed by atoms with Gasteiger partial charge >= 0.3 is 5.97 Å². The van der Waals surface area contributed by atoms with Crippen molar-refractivity contribution in [3.63, 3.8) is 0 Å². The minimum absolute atomic E-state index is 0.0314. The van der Waals surface area contributed by atoms with E-state index in [4.69, 9.17) is 15.3 Å². The number of amides is 2. The summed E-state index contributed by atoms with van der Waals surface area (Å²) < 4.78 is 10.3. The summed E-state index contributed by atoms with van der Waals surface area (Å²) >= 11 is 3.72. The molecule has 1 fully saturated rings. The number of hydrogen-bond acceptors (Lipinski definition) is 13.